The highest BCUT2D eigenvalue weighted by Gasteiger charge is 2.30. The fraction of sp³-hybridized carbons (Fsp3) is 0.421. The zero-order valence-electron chi connectivity index (χ0n) is 14.8. The summed E-state index contributed by atoms with van der Waals surface area (Å²) in [6, 6.07) is 9.05. The summed E-state index contributed by atoms with van der Waals surface area (Å²) in [5, 5.41) is 6.38. The van der Waals surface area contributed by atoms with Gasteiger partial charge in [-0.3, -0.25) is 14.9 Å². The number of nitrogens with zero attached hydrogens (tertiary/aromatic N) is 1. The Hall–Kier alpha value is -2.25. The van der Waals surface area contributed by atoms with Gasteiger partial charge in [0.05, 0.1) is 11.6 Å². The second-order valence-corrected chi connectivity index (χ2v) is 7.31. The van der Waals surface area contributed by atoms with E-state index >= 15 is 0 Å². The van der Waals surface area contributed by atoms with Gasteiger partial charge in [-0.15, -0.1) is 11.3 Å². The molecule has 26 heavy (non-hydrogen) atoms. The number of rotatable bonds is 7. The summed E-state index contributed by atoms with van der Waals surface area (Å²) in [5.74, 6) is -0.412. The Morgan fingerprint density at radius 1 is 1.31 bits per heavy atom. The largest absolute Gasteiger partial charge is 0.385 e. The van der Waals surface area contributed by atoms with Crippen LogP contribution in [0.4, 0.5) is 5.13 Å². The zero-order chi connectivity index (χ0) is 18.4. The molecule has 1 heterocycles. The number of aryl methyl sites for hydroxylation is 1. The highest BCUT2D eigenvalue weighted by Crippen LogP contribution is 2.36. The van der Waals surface area contributed by atoms with Crippen LogP contribution in [0.2, 0.25) is 0 Å². The van der Waals surface area contributed by atoms with Gasteiger partial charge >= 0.3 is 0 Å². The molecular weight excluding hydrogens is 350 g/mol. The van der Waals surface area contributed by atoms with Crippen LogP contribution in [0.3, 0.4) is 0 Å². The summed E-state index contributed by atoms with van der Waals surface area (Å²) in [6.07, 6.45) is 3.44. The molecule has 2 N–H and O–H groups in total. The second-order valence-electron chi connectivity index (χ2n) is 6.23. The molecule has 0 aliphatic heterocycles. The molecule has 3 rings (SSSR count). The van der Waals surface area contributed by atoms with Crippen LogP contribution in [0, 0.1) is 0 Å². The number of nitrogens with one attached hydrogen (secondary N) is 2. The first-order valence-corrected chi connectivity index (χ1v) is 9.63. The molecule has 1 aliphatic carbocycles. The van der Waals surface area contributed by atoms with Crippen molar-refractivity contribution in [2.45, 2.75) is 31.6 Å². The van der Waals surface area contributed by atoms with Gasteiger partial charge in [-0.2, -0.15) is 0 Å². The number of anilines is 1. The molecule has 0 unspecified atom stereocenters. The molecule has 7 heteroatoms. The number of aromatic nitrogens is 1. The van der Waals surface area contributed by atoms with Crippen LogP contribution < -0.4 is 10.6 Å². The lowest BCUT2D eigenvalue weighted by Crippen LogP contribution is -2.32. The lowest BCUT2D eigenvalue weighted by Gasteiger charge is -2.20. The predicted molar refractivity (Wildman–Crippen MR) is 102 cm³/mol. The Morgan fingerprint density at radius 3 is 2.88 bits per heavy atom. The molecule has 0 spiro atoms. The number of fused-ring (bicyclic) bond motifs is 1. The average molecular weight is 373 g/mol. The molecule has 0 saturated heterocycles. The molecule has 1 aromatic heterocycles. The van der Waals surface area contributed by atoms with E-state index in [0.717, 1.165) is 36.3 Å². The number of carbonyl (C=O) groups excluding carboxylic acids is 2. The van der Waals surface area contributed by atoms with E-state index in [1.165, 1.54) is 11.3 Å². The van der Waals surface area contributed by atoms with Gasteiger partial charge in [0.2, 0.25) is 5.91 Å². The maximum Gasteiger partial charge on any atom is 0.257 e. The molecule has 2 amide bonds. The summed E-state index contributed by atoms with van der Waals surface area (Å²) in [7, 11) is 1.65. The van der Waals surface area contributed by atoms with Crippen LogP contribution in [-0.2, 0) is 16.0 Å². The van der Waals surface area contributed by atoms with Crippen LogP contribution >= 0.6 is 11.3 Å². The van der Waals surface area contributed by atoms with E-state index in [0.29, 0.717) is 23.8 Å². The van der Waals surface area contributed by atoms with Crippen LogP contribution in [0.1, 0.15) is 46.1 Å². The van der Waals surface area contributed by atoms with Gasteiger partial charge in [-0.25, -0.2) is 4.98 Å². The van der Waals surface area contributed by atoms with Crippen molar-refractivity contribution in [3.05, 3.63) is 46.5 Å². The summed E-state index contributed by atoms with van der Waals surface area (Å²) in [4.78, 5) is 30.5. The number of ether oxygens (including phenoxy) is 1. The third-order valence-corrected chi connectivity index (χ3v) is 5.40. The van der Waals surface area contributed by atoms with Crippen molar-refractivity contribution in [2.24, 2.45) is 0 Å². The van der Waals surface area contributed by atoms with Gasteiger partial charge in [-0.05, 0) is 37.8 Å². The number of carbonyl (C=O) groups is 2. The second kappa shape index (κ2) is 8.91. The molecule has 0 fully saturated rings. The number of methoxy groups -OCH3 is 1. The van der Waals surface area contributed by atoms with Crippen molar-refractivity contribution < 1.29 is 14.3 Å². The minimum atomic E-state index is -0.236. The van der Waals surface area contributed by atoms with Crippen molar-refractivity contribution in [1.29, 1.82) is 0 Å². The van der Waals surface area contributed by atoms with E-state index in [1.807, 2.05) is 18.2 Å². The van der Waals surface area contributed by atoms with E-state index in [9.17, 15) is 9.59 Å². The predicted octanol–water partition coefficient (Wildman–Crippen LogP) is 2.97. The zero-order valence-corrected chi connectivity index (χ0v) is 15.6. The topological polar surface area (TPSA) is 80.3 Å². The van der Waals surface area contributed by atoms with E-state index in [-0.39, 0.29) is 17.7 Å². The smallest absolute Gasteiger partial charge is 0.257 e. The Labute approximate surface area is 157 Å². The molecule has 1 atom stereocenters. The Bertz CT molecular complexity index is 761. The van der Waals surface area contributed by atoms with Gasteiger partial charge < -0.3 is 10.1 Å². The lowest BCUT2D eigenvalue weighted by atomic mass is 9.90. The molecule has 0 radical (unpaired) electrons. The van der Waals surface area contributed by atoms with Crippen molar-refractivity contribution in [3.63, 3.8) is 0 Å². The third-order valence-electron chi connectivity index (χ3n) is 4.35. The molecule has 1 aromatic carbocycles. The number of hydrogen-bond acceptors (Lipinski definition) is 5. The Morgan fingerprint density at radius 2 is 2.12 bits per heavy atom. The molecule has 1 aliphatic rings. The van der Waals surface area contributed by atoms with Gasteiger partial charge in [0, 0.05) is 30.7 Å². The van der Waals surface area contributed by atoms with E-state index in [1.54, 1.807) is 19.2 Å². The van der Waals surface area contributed by atoms with Gasteiger partial charge in [0.15, 0.2) is 5.13 Å². The fourth-order valence-corrected chi connectivity index (χ4v) is 4.10. The molecule has 138 valence electrons. The monoisotopic (exact) mass is 373 g/mol. The van der Waals surface area contributed by atoms with Crippen molar-refractivity contribution in [1.82, 2.24) is 10.3 Å². The highest BCUT2D eigenvalue weighted by atomic mass is 32.1. The van der Waals surface area contributed by atoms with Gasteiger partial charge in [-0.1, -0.05) is 18.2 Å². The molecule has 0 saturated carbocycles. The number of benzene rings is 1. The van der Waals surface area contributed by atoms with E-state index in [2.05, 4.69) is 15.6 Å². The van der Waals surface area contributed by atoms with E-state index in [4.69, 9.17) is 4.74 Å². The highest BCUT2D eigenvalue weighted by molar-refractivity contribution is 7.15. The minimum absolute atomic E-state index is 0.00767. The quantitative estimate of drug-likeness (QED) is 0.731. The summed E-state index contributed by atoms with van der Waals surface area (Å²) in [5.41, 5.74) is 1.40. The first-order valence-electron chi connectivity index (χ1n) is 8.81. The Balaban J connectivity index is 1.67. The molecule has 6 nitrogen and oxygen atoms in total. The standard InChI is InChI=1S/C19H23N3O3S/c1-25-12-6-11-20-18(24)14-9-5-10-15-16(14)21-19(26-15)22-17(23)13-7-3-2-4-8-13/h2-4,7-8,14H,5-6,9-12H2,1H3,(H,20,24)(H,21,22,23)/t14-/m1/s1. The molecule has 2 aromatic rings. The summed E-state index contributed by atoms with van der Waals surface area (Å²) < 4.78 is 5.00. The Kier molecular flexibility index (Phi) is 6.35. The summed E-state index contributed by atoms with van der Waals surface area (Å²) >= 11 is 1.47. The van der Waals surface area contributed by atoms with Gasteiger partial charge in [0.1, 0.15) is 0 Å². The van der Waals surface area contributed by atoms with Gasteiger partial charge in [0.25, 0.3) is 5.91 Å². The number of amides is 2. The average Bonchev–Trinajstić information content (AvgIpc) is 3.08. The summed E-state index contributed by atoms with van der Waals surface area (Å²) in [6.45, 7) is 1.23. The van der Waals surface area contributed by atoms with Crippen LogP contribution in [-0.4, -0.2) is 37.1 Å². The van der Waals surface area contributed by atoms with Crippen LogP contribution in [0.25, 0.3) is 0 Å². The fourth-order valence-electron chi connectivity index (χ4n) is 3.04. The minimum Gasteiger partial charge on any atom is -0.385 e. The SMILES string of the molecule is COCCCNC(=O)[C@@H]1CCCc2sc(NC(=O)c3ccccc3)nc21. The first kappa shape index (κ1) is 18.5. The normalized spacial score (nSPS) is 16.0. The van der Waals surface area contributed by atoms with Crippen LogP contribution in [0.5, 0.6) is 0 Å². The van der Waals surface area contributed by atoms with Crippen molar-refractivity contribution in [2.75, 3.05) is 25.6 Å². The number of hydrogen-bond donors (Lipinski definition) is 2. The molecular formula is C19H23N3O3S. The third kappa shape index (κ3) is 4.47. The van der Waals surface area contributed by atoms with Crippen LogP contribution in [0.15, 0.2) is 30.3 Å². The number of thiazole rings is 1. The maximum absolute atomic E-state index is 12.5. The lowest BCUT2D eigenvalue weighted by molar-refractivity contribution is -0.123. The molecule has 0 bridgehead atoms. The maximum atomic E-state index is 12.5. The first-order chi connectivity index (χ1) is 12.7. The van der Waals surface area contributed by atoms with Crippen molar-refractivity contribution >= 4 is 28.3 Å². The van der Waals surface area contributed by atoms with Crippen molar-refractivity contribution in [3.8, 4) is 0 Å². The van der Waals surface area contributed by atoms with E-state index < -0.39 is 0 Å².